The van der Waals surface area contributed by atoms with Gasteiger partial charge in [-0.1, -0.05) is 0 Å². The number of nitrogens with zero attached hydrogens (tertiary/aromatic N) is 1. The van der Waals surface area contributed by atoms with Crippen molar-refractivity contribution in [2.45, 2.75) is 0 Å². The smallest absolute Gasteiger partial charge is 0.246 e. The summed E-state index contributed by atoms with van der Waals surface area (Å²) in [4.78, 5) is 14.3. The van der Waals surface area contributed by atoms with Crippen molar-refractivity contribution in [3.8, 4) is 0 Å². The first-order valence-electron chi connectivity index (χ1n) is 5.50. The number of amides is 1. The summed E-state index contributed by atoms with van der Waals surface area (Å²) in [6.45, 7) is 1.25. The summed E-state index contributed by atoms with van der Waals surface area (Å²) in [6.07, 6.45) is 3.34. The molecule has 6 heteroatoms. The van der Waals surface area contributed by atoms with E-state index in [-0.39, 0.29) is 12.5 Å². The number of ether oxygens (including phenoxy) is 1. The molecule has 0 aliphatic carbocycles. The molecule has 0 saturated heterocycles. The zero-order chi connectivity index (χ0) is 13.4. The summed E-state index contributed by atoms with van der Waals surface area (Å²) in [5.74, 6) is -0.0629. The van der Waals surface area contributed by atoms with Crippen molar-refractivity contribution < 1.29 is 14.6 Å². The maximum Gasteiger partial charge on any atom is 0.246 e. The molecule has 0 saturated carbocycles. The highest BCUT2D eigenvalue weighted by Gasteiger charge is 2.04. The van der Waals surface area contributed by atoms with Crippen LogP contribution in [-0.4, -0.2) is 49.3 Å². The lowest BCUT2D eigenvalue weighted by molar-refractivity contribution is -0.125. The number of carbonyl (C=O) groups is 1. The van der Waals surface area contributed by atoms with Gasteiger partial charge in [0.25, 0.3) is 0 Å². The van der Waals surface area contributed by atoms with Crippen molar-refractivity contribution in [3.63, 3.8) is 0 Å². The summed E-state index contributed by atoms with van der Waals surface area (Å²) in [6, 6.07) is 3.89. The monoisotopic (exact) mass is 333 g/mol. The maximum atomic E-state index is 11.7. The van der Waals surface area contributed by atoms with Crippen LogP contribution in [0.3, 0.4) is 0 Å². The number of hydrogen-bond acceptors (Lipinski definition) is 4. The van der Waals surface area contributed by atoms with E-state index >= 15 is 0 Å². The first kappa shape index (κ1) is 15.4. The van der Waals surface area contributed by atoms with Crippen molar-refractivity contribution in [2.75, 3.05) is 33.4 Å². The highest BCUT2D eigenvalue weighted by Crippen LogP contribution is 2.22. The van der Waals surface area contributed by atoms with Crippen LogP contribution in [-0.2, 0) is 9.53 Å². The fraction of sp³-hybridized carbons (Fsp3) is 0.417. The third-order valence-corrected chi connectivity index (χ3v) is 3.76. The zero-order valence-corrected chi connectivity index (χ0v) is 12.5. The Hall–Kier alpha value is -0.690. The Bertz CT molecular complexity index is 406. The van der Waals surface area contributed by atoms with Crippen LogP contribution in [0.1, 0.15) is 4.88 Å². The van der Waals surface area contributed by atoms with Crippen LogP contribution in [0.4, 0.5) is 0 Å². The molecule has 4 nitrogen and oxygen atoms in total. The predicted molar refractivity (Wildman–Crippen MR) is 76.6 cm³/mol. The second-order valence-electron chi connectivity index (χ2n) is 3.57. The van der Waals surface area contributed by atoms with Gasteiger partial charge < -0.3 is 14.7 Å². The van der Waals surface area contributed by atoms with E-state index in [0.29, 0.717) is 19.8 Å². The largest absolute Gasteiger partial charge is 0.394 e. The Morgan fingerprint density at radius 2 is 2.33 bits per heavy atom. The van der Waals surface area contributed by atoms with E-state index in [1.165, 1.54) is 0 Å². The van der Waals surface area contributed by atoms with E-state index in [2.05, 4.69) is 15.9 Å². The van der Waals surface area contributed by atoms with Gasteiger partial charge in [0.15, 0.2) is 0 Å². The molecule has 0 aliphatic heterocycles. The summed E-state index contributed by atoms with van der Waals surface area (Å²) < 4.78 is 6.14. The summed E-state index contributed by atoms with van der Waals surface area (Å²) in [5, 5.41) is 8.53. The molecule has 0 aromatic carbocycles. The van der Waals surface area contributed by atoms with Crippen molar-refractivity contribution >= 4 is 39.2 Å². The fourth-order valence-electron chi connectivity index (χ4n) is 1.18. The van der Waals surface area contributed by atoms with Gasteiger partial charge >= 0.3 is 0 Å². The van der Waals surface area contributed by atoms with Gasteiger partial charge in [0.05, 0.1) is 23.6 Å². The molecule has 100 valence electrons. The standard InChI is InChI=1S/C12H16BrNO3S/c1-14(6-8-17-9-7-15)12(16)5-3-10-2-4-11(13)18-10/h2-5,15H,6-9H2,1H3/b5-3+. The lowest BCUT2D eigenvalue weighted by atomic mass is 10.4. The number of thiophene rings is 1. The Labute approximate surface area is 119 Å². The second-order valence-corrected chi connectivity index (χ2v) is 6.07. The molecule has 0 spiro atoms. The Balaban J connectivity index is 2.33. The van der Waals surface area contributed by atoms with E-state index in [1.54, 1.807) is 35.4 Å². The average molecular weight is 334 g/mol. The van der Waals surface area contributed by atoms with Gasteiger partial charge in [0.2, 0.25) is 5.91 Å². The quantitative estimate of drug-likeness (QED) is 0.613. The number of rotatable bonds is 7. The Kier molecular flexibility index (Phi) is 7.19. The van der Waals surface area contributed by atoms with E-state index in [0.717, 1.165) is 8.66 Å². The summed E-state index contributed by atoms with van der Waals surface area (Å²) in [7, 11) is 1.72. The molecular formula is C12H16BrNO3S. The molecule has 1 rings (SSSR count). The van der Waals surface area contributed by atoms with Gasteiger partial charge in [-0.3, -0.25) is 4.79 Å². The van der Waals surface area contributed by atoms with Crippen molar-refractivity contribution in [1.29, 1.82) is 0 Å². The topological polar surface area (TPSA) is 49.8 Å². The maximum absolute atomic E-state index is 11.7. The van der Waals surface area contributed by atoms with E-state index in [9.17, 15) is 4.79 Å². The Morgan fingerprint density at radius 3 is 2.94 bits per heavy atom. The average Bonchev–Trinajstić information content (AvgIpc) is 2.77. The zero-order valence-electron chi connectivity index (χ0n) is 10.1. The molecule has 1 aromatic rings. The molecule has 0 unspecified atom stereocenters. The van der Waals surface area contributed by atoms with Crippen LogP contribution in [0.25, 0.3) is 6.08 Å². The van der Waals surface area contributed by atoms with Gasteiger partial charge in [-0.25, -0.2) is 0 Å². The Morgan fingerprint density at radius 1 is 1.56 bits per heavy atom. The first-order chi connectivity index (χ1) is 8.63. The van der Waals surface area contributed by atoms with E-state index in [1.807, 2.05) is 12.1 Å². The number of carbonyl (C=O) groups excluding carboxylic acids is 1. The lowest BCUT2D eigenvalue weighted by Crippen LogP contribution is -2.28. The highest BCUT2D eigenvalue weighted by molar-refractivity contribution is 9.11. The fourth-order valence-corrected chi connectivity index (χ4v) is 2.50. The normalized spacial score (nSPS) is 11.1. The molecular weight excluding hydrogens is 318 g/mol. The van der Waals surface area contributed by atoms with Gasteiger partial charge in [-0.2, -0.15) is 0 Å². The van der Waals surface area contributed by atoms with E-state index in [4.69, 9.17) is 9.84 Å². The third-order valence-electron chi connectivity index (χ3n) is 2.17. The van der Waals surface area contributed by atoms with Crippen LogP contribution in [0.2, 0.25) is 0 Å². The SMILES string of the molecule is CN(CCOCCO)C(=O)/C=C/c1ccc(Br)s1. The number of hydrogen-bond donors (Lipinski definition) is 1. The molecule has 1 heterocycles. The number of aliphatic hydroxyl groups is 1. The summed E-state index contributed by atoms with van der Waals surface area (Å²) in [5.41, 5.74) is 0. The lowest BCUT2D eigenvalue weighted by Gasteiger charge is -2.14. The number of aliphatic hydroxyl groups excluding tert-OH is 1. The number of likely N-dealkylation sites (N-methyl/N-ethyl adjacent to an activating group) is 1. The van der Waals surface area contributed by atoms with Gasteiger partial charge in [0.1, 0.15) is 0 Å². The number of halogens is 1. The van der Waals surface area contributed by atoms with Crippen LogP contribution in [0, 0.1) is 0 Å². The molecule has 0 radical (unpaired) electrons. The van der Waals surface area contributed by atoms with Crippen molar-refractivity contribution in [1.82, 2.24) is 4.90 Å². The molecule has 1 aromatic heterocycles. The molecule has 0 bridgehead atoms. The van der Waals surface area contributed by atoms with E-state index < -0.39 is 0 Å². The third kappa shape index (κ3) is 5.77. The minimum atomic E-state index is -0.0629. The van der Waals surface area contributed by atoms with Gasteiger partial charge in [-0.05, 0) is 34.1 Å². The predicted octanol–water partition coefficient (Wildman–Crippen LogP) is 1.99. The molecule has 0 atom stereocenters. The van der Waals surface area contributed by atoms with Crippen molar-refractivity contribution in [3.05, 3.63) is 26.9 Å². The van der Waals surface area contributed by atoms with Crippen LogP contribution in [0.15, 0.2) is 22.0 Å². The van der Waals surface area contributed by atoms with Crippen molar-refractivity contribution in [2.24, 2.45) is 0 Å². The molecule has 1 N–H and O–H groups in total. The molecule has 1 amide bonds. The highest BCUT2D eigenvalue weighted by atomic mass is 79.9. The van der Waals surface area contributed by atoms with Crippen LogP contribution >= 0.6 is 27.3 Å². The molecule has 0 aliphatic rings. The van der Waals surface area contributed by atoms with Gasteiger partial charge in [-0.15, -0.1) is 11.3 Å². The first-order valence-corrected chi connectivity index (χ1v) is 7.11. The summed E-state index contributed by atoms with van der Waals surface area (Å²) >= 11 is 4.94. The minimum absolute atomic E-state index is 0.00478. The second kappa shape index (κ2) is 8.42. The van der Waals surface area contributed by atoms with Gasteiger partial charge in [0, 0.05) is 24.5 Å². The molecule has 0 fully saturated rings. The minimum Gasteiger partial charge on any atom is -0.394 e. The van der Waals surface area contributed by atoms with Crippen LogP contribution in [0.5, 0.6) is 0 Å². The van der Waals surface area contributed by atoms with Crippen LogP contribution < -0.4 is 0 Å². The molecule has 18 heavy (non-hydrogen) atoms.